The number of carbonyl (C=O) groups excluding carboxylic acids is 1. The lowest BCUT2D eigenvalue weighted by Gasteiger charge is -2.05. The first kappa shape index (κ1) is 12.3. The largest absolute Gasteiger partial charge is 0.480 e. The highest BCUT2D eigenvalue weighted by atomic mass is 19.1. The molecule has 0 aromatic heterocycles. The number of carbonyl (C=O) groups is 2. The molecule has 1 rings (SSSR count). The number of aliphatic carboxylic acids is 1. The lowest BCUT2D eigenvalue weighted by Crippen LogP contribution is -2.32. The average molecular weight is 225 g/mol. The van der Waals surface area contributed by atoms with Crippen molar-refractivity contribution in [1.29, 1.82) is 0 Å². The Morgan fingerprint density at radius 3 is 2.38 bits per heavy atom. The molecule has 0 radical (unpaired) electrons. The highest BCUT2D eigenvalue weighted by Crippen LogP contribution is 2.05. The minimum absolute atomic E-state index is 0.0707. The Labute approximate surface area is 91.9 Å². The van der Waals surface area contributed by atoms with Crippen molar-refractivity contribution in [2.24, 2.45) is 5.73 Å². The Morgan fingerprint density at radius 1 is 1.31 bits per heavy atom. The number of ketones is 1. The predicted octanol–water partition coefficient (Wildman–Crippen LogP) is 0.739. The molecule has 5 heteroatoms. The molecule has 86 valence electrons. The Kier molecular flexibility index (Phi) is 4.13. The SMILES string of the molecule is N[C@H](CC(=O)Cc1ccc(F)cc1)C(=O)O. The van der Waals surface area contributed by atoms with Crippen LogP contribution in [0.3, 0.4) is 0 Å². The van der Waals surface area contributed by atoms with Gasteiger partial charge in [-0.15, -0.1) is 0 Å². The van der Waals surface area contributed by atoms with Gasteiger partial charge in [-0.2, -0.15) is 0 Å². The summed E-state index contributed by atoms with van der Waals surface area (Å²) in [6.07, 6.45) is -0.145. The van der Waals surface area contributed by atoms with Crippen LogP contribution in [0.4, 0.5) is 4.39 Å². The van der Waals surface area contributed by atoms with Gasteiger partial charge < -0.3 is 10.8 Å². The Hall–Kier alpha value is -1.75. The summed E-state index contributed by atoms with van der Waals surface area (Å²) in [5.41, 5.74) is 5.86. The van der Waals surface area contributed by atoms with Crippen molar-refractivity contribution >= 4 is 11.8 Å². The molecule has 0 aliphatic heterocycles. The van der Waals surface area contributed by atoms with E-state index in [0.717, 1.165) is 0 Å². The smallest absolute Gasteiger partial charge is 0.320 e. The molecule has 3 N–H and O–H groups in total. The first-order valence-corrected chi connectivity index (χ1v) is 4.73. The van der Waals surface area contributed by atoms with E-state index in [1.54, 1.807) is 0 Å². The van der Waals surface area contributed by atoms with Crippen molar-refractivity contribution in [3.05, 3.63) is 35.6 Å². The van der Waals surface area contributed by atoms with Gasteiger partial charge in [-0.05, 0) is 17.7 Å². The van der Waals surface area contributed by atoms with Crippen molar-refractivity contribution in [2.45, 2.75) is 18.9 Å². The number of nitrogens with two attached hydrogens (primary N) is 1. The summed E-state index contributed by atoms with van der Waals surface area (Å²) >= 11 is 0. The fraction of sp³-hybridized carbons (Fsp3) is 0.273. The average Bonchev–Trinajstić information content (AvgIpc) is 2.21. The Bertz CT molecular complexity index is 389. The van der Waals surface area contributed by atoms with E-state index in [1.165, 1.54) is 24.3 Å². The van der Waals surface area contributed by atoms with Gasteiger partial charge in [0.2, 0.25) is 0 Å². The van der Waals surface area contributed by atoms with Gasteiger partial charge in [-0.25, -0.2) is 4.39 Å². The summed E-state index contributed by atoms with van der Waals surface area (Å²) in [6, 6.07) is 4.30. The number of Topliss-reactive ketones (excluding diaryl/α,β-unsaturated/α-hetero) is 1. The van der Waals surface area contributed by atoms with Gasteiger partial charge in [0.15, 0.2) is 0 Å². The van der Waals surface area contributed by atoms with Gasteiger partial charge in [0, 0.05) is 12.8 Å². The van der Waals surface area contributed by atoms with Crippen molar-refractivity contribution in [3.8, 4) is 0 Å². The molecule has 0 aliphatic carbocycles. The summed E-state index contributed by atoms with van der Waals surface area (Å²) in [5, 5.41) is 8.51. The summed E-state index contributed by atoms with van der Waals surface area (Å²) in [6.45, 7) is 0. The zero-order valence-corrected chi connectivity index (χ0v) is 8.52. The number of carboxylic acid groups (broad SMARTS) is 1. The second-order valence-corrected chi connectivity index (χ2v) is 3.49. The molecule has 0 spiro atoms. The van der Waals surface area contributed by atoms with Crippen LogP contribution in [0.25, 0.3) is 0 Å². The van der Waals surface area contributed by atoms with Crippen LogP contribution in [0.1, 0.15) is 12.0 Å². The normalized spacial score (nSPS) is 12.1. The summed E-state index contributed by atoms with van der Waals surface area (Å²) in [4.78, 5) is 21.8. The lowest BCUT2D eigenvalue weighted by molar-refractivity contribution is -0.140. The van der Waals surface area contributed by atoms with Crippen molar-refractivity contribution in [2.75, 3.05) is 0 Å². The molecule has 1 aromatic rings. The second kappa shape index (κ2) is 5.37. The standard InChI is InChI=1S/C11H12FNO3/c12-8-3-1-7(2-4-8)5-9(14)6-10(13)11(15)16/h1-4,10H,5-6,13H2,(H,15,16)/t10-/m1/s1. The fourth-order valence-electron chi connectivity index (χ4n) is 1.23. The van der Waals surface area contributed by atoms with E-state index < -0.39 is 12.0 Å². The maximum absolute atomic E-state index is 12.6. The molecule has 0 heterocycles. The van der Waals surface area contributed by atoms with Gasteiger partial charge >= 0.3 is 5.97 Å². The Morgan fingerprint density at radius 2 is 1.88 bits per heavy atom. The lowest BCUT2D eigenvalue weighted by atomic mass is 10.0. The number of hydrogen-bond donors (Lipinski definition) is 2. The summed E-state index contributed by atoms with van der Waals surface area (Å²) in [7, 11) is 0. The number of hydrogen-bond acceptors (Lipinski definition) is 3. The first-order chi connectivity index (χ1) is 7.49. The van der Waals surface area contributed by atoms with Crippen LogP contribution in [-0.2, 0) is 16.0 Å². The number of carboxylic acids is 1. The van der Waals surface area contributed by atoms with Gasteiger partial charge in [0.25, 0.3) is 0 Å². The zero-order valence-electron chi connectivity index (χ0n) is 8.52. The van der Waals surface area contributed by atoms with Crippen LogP contribution in [0.2, 0.25) is 0 Å². The van der Waals surface area contributed by atoms with Crippen molar-refractivity contribution < 1.29 is 19.1 Å². The molecular weight excluding hydrogens is 213 g/mol. The van der Waals surface area contributed by atoms with Gasteiger partial charge in [-0.3, -0.25) is 9.59 Å². The van der Waals surface area contributed by atoms with E-state index in [2.05, 4.69) is 0 Å². The van der Waals surface area contributed by atoms with Crippen LogP contribution in [0, 0.1) is 5.82 Å². The summed E-state index contributed by atoms with van der Waals surface area (Å²) in [5.74, 6) is -1.85. The van der Waals surface area contributed by atoms with Crippen LogP contribution in [0.15, 0.2) is 24.3 Å². The zero-order chi connectivity index (χ0) is 12.1. The van der Waals surface area contributed by atoms with Crippen LogP contribution in [0.5, 0.6) is 0 Å². The second-order valence-electron chi connectivity index (χ2n) is 3.49. The topological polar surface area (TPSA) is 80.4 Å². The molecule has 0 unspecified atom stereocenters. The molecule has 0 fully saturated rings. The van der Waals surface area contributed by atoms with E-state index in [0.29, 0.717) is 5.56 Å². The number of halogens is 1. The van der Waals surface area contributed by atoms with E-state index in [9.17, 15) is 14.0 Å². The minimum atomic E-state index is -1.20. The Balaban J connectivity index is 2.52. The fourth-order valence-corrected chi connectivity index (χ4v) is 1.23. The first-order valence-electron chi connectivity index (χ1n) is 4.73. The molecule has 0 saturated heterocycles. The molecule has 1 aromatic carbocycles. The number of rotatable bonds is 5. The van der Waals surface area contributed by atoms with E-state index in [1.807, 2.05) is 0 Å². The predicted molar refractivity (Wildman–Crippen MR) is 55.3 cm³/mol. The van der Waals surface area contributed by atoms with Gasteiger partial charge in [0.05, 0.1) is 0 Å². The van der Waals surface area contributed by atoms with Crippen molar-refractivity contribution in [1.82, 2.24) is 0 Å². The van der Waals surface area contributed by atoms with Crippen molar-refractivity contribution in [3.63, 3.8) is 0 Å². The minimum Gasteiger partial charge on any atom is -0.480 e. The molecule has 0 saturated carbocycles. The highest BCUT2D eigenvalue weighted by Gasteiger charge is 2.16. The molecule has 0 aliphatic rings. The monoisotopic (exact) mass is 225 g/mol. The van der Waals surface area contributed by atoms with Gasteiger partial charge in [-0.1, -0.05) is 12.1 Å². The van der Waals surface area contributed by atoms with E-state index >= 15 is 0 Å². The quantitative estimate of drug-likeness (QED) is 0.774. The molecule has 4 nitrogen and oxygen atoms in total. The third-order valence-corrected chi connectivity index (χ3v) is 2.08. The third kappa shape index (κ3) is 3.78. The maximum atomic E-state index is 12.6. The maximum Gasteiger partial charge on any atom is 0.320 e. The molecule has 1 atom stereocenters. The van der Waals surface area contributed by atoms with E-state index in [4.69, 9.17) is 10.8 Å². The van der Waals surface area contributed by atoms with Crippen LogP contribution >= 0.6 is 0 Å². The number of benzene rings is 1. The van der Waals surface area contributed by atoms with Crippen LogP contribution < -0.4 is 5.73 Å². The molecular formula is C11H12FNO3. The molecule has 0 amide bonds. The van der Waals surface area contributed by atoms with Crippen LogP contribution in [-0.4, -0.2) is 22.9 Å². The highest BCUT2D eigenvalue weighted by molar-refractivity contribution is 5.86. The molecule has 0 bridgehead atoms. The third-order valence-electron chi connectivity index (χ3n) is 2.08. The summed E-state index contributed by atoms with van der Waals surface area (Å²) < 4.78 is 12.6. The van der Waals surface area contributed by atoms with Gasteiger partial charge in [0.1, 0.15) is 17.6 Å². The van der Waals surface area contributed by atoms with E-state index in [-0.39, 0.29) is 24.4 Å². The molecule has 16 heavy (non-hydrogen) atoms.